The second-order valence-electron chi connectivity index (χ2n) is 7.56. The van der Waals surface area contributed by atoms with Gasteiger partial charge in [0.25, 0.3) is 11.8 Å². The number of aryl methyl sites for hydroxylation is 1. The SMILES string of the molecule is Cc1ccc(/C=C2\Sc3cc(C(=O)NCc4ccc(C#N)cc4)ccc3N(C)C2=O)cc1. The zero-order valence-corrected chi connectivity index (χ0v) is 18.6. The van der Waals surface area contributed by atoms with Crippen LogP contribution in [0.1, 0.15) is 32.6 Å². The second kappa shape index (κ2) is 9.13. The van der Waals surface area contributed by atoms with E-state index in [2.05, 4.69) is 11.4 Å². The van der Waals surface area contributed by atoms with Crippen molar-refractivity contribution in [1.82, 2.24) is 5.32 Å². The lowest BCUT2D eigenvalue weighted by atomic mass is 10.1. The number of amides is 2. The molecule has 5 nitrogen and oxygen atoms in total. The highest BCUT2D eigenvalue weighted by Gasteiger charge is 2.27. The van der Waals surface area contributed by atoms with Gasteiger partial charge in [-0.15, -0.1) is 0 Å². The Bertz CT molecular complexity index is 1260. The number of thioether (sulfide) groups is 1. The Labute approximate surface area is 191 Å². The second-order valence-corrected chi connectivity index (χ2v) is 8.64. The predicted octanol–water partition coefficient (Wildman–Crippen LogP) is 4.91. The van der Waals surface area contributed by atoms with Gasteiger partial charge in [-0.2, -0.15) is 5.26 Å². The van der Waals surface area contributed by atoms with Gasteiger partial charge in [-0.1, -0.05) is 53.7 Å². The molecule has 0 bridgehead atoms. The molecule has 0 saturated heterocycles. The first-order valence-electron chi connectivity index (χ1n) is 10.1. The zero-order chi connectivity index (χ0) is 22.7. The van der Waals surface area contributed by atoms with Gasteiger partial charge >= 0.3 is 0 Å². The first-order valence-corrected chi connectivity index (χ1v) is 10.9. The molecule has 0 fully saturated rings. The van der Waals surface area contributed by atoms with Gasteiger partial charge < -0.3 is 10.2 Å². The van der Waals surface area contributed by atoms with Crippen LogP contribution in [0.5, 0.6) is 0 Å². The third-order valence-corrected chi connectivity index (χ3v) is 6.29. The fourth-order valence-corrected chi connectivity index (χ4v) is 4.49. The molecule has 158 valence electrons. The summed E-state index contributed by atoms with van der Waals surface area (Å²) in [6.45, 7) is 2.39. The van der Waals surface area contributed by atoms with Crippen molar-refractivity contribution in [2.45, 2.75) is 18.4 Å². The number of hydrogen-bond donors (Lipinski definition) is 1. The smallest absolute Gasteiger partial charge is 0.264 e. The summed E-state index contributed by atoms with van der Waals surface area (Å²) in [6.07, 6.45) is 1.88. The van der Waals surface area contributed by atoms with Crippen molar-refractivity contribution in [2.24, 2.45) is 0 Å². The summed E-state index contributed by atoms with van der Waals surface area (Å²) in [5.74, 6) is -0.262. The van der Waals surface area contributed by atoms with Crippen LogP contribution < -0.4 is 10.2 Å². The largest absolute Gasteiger partial charge is 0.348 e. The van der Waals surface area contributed by atoms with Crippen LogP contribution in [0.4, 0.5) is 5.69 Å². The number of likely N-dealkylation sites (N-methyl/N-ethyl adjacent to an activating group) is 1. The van der Waals surface area contributed by atoms with Crippen molar-refractivity contribution < 1.29 is 9.59 Å². The van der Waals surface area contributed by atoms with Crippen LogP contribution in [0, 0.1) is 18.3 Å². The molecule has 0 atom stereocenters. The highest BCUT2D eigenvalue weighted by Crippen LogP contribution is 2.42. The zero-order valence-electron chi connectivity index (χ0n) is 17.8. The third kappa shape index (κ3) is 4.58. The van der Waals surface area contributed by atoms with Crippen LogP contribution in [0.15, 0.2) is 76.5 Å². The van der Waals surface area contributed by atoms with Gasteiger partial charge in [0.05, 0.1) is 22.2 Å². The fraction of sp³-hybridized carbons (Fsp3) is 0.115. The lowest BCUT2D eigenvalue weighted by Crippen LogP contribution is -2.30. The van der Waals surface area contributed by atoms with Gasteiger partial charge in [0, 0.05) is 24.1 Å². The van der Waals surface area contributed by atoms with Crippen molar-refractivity contribution in [2.75, 3.05) is 11.9 Å². The van der Waals surface area contributed by atoms with Crippen molar-refractivity contribution in [3.8, 4) is 6.07 Å². The number of rotatable bonds is 4. The maximum Gasteiger partial charge on any atom is 0.264 e. The number of nitrogens with zero attached hydrogens (tertiary/aromatic N) is 2. The quantitative estimate of drug-likeness (QED) is 0.587. The minimum Gasteiger partial charge on any atom is -0.348 e. The van der Waals surface area contributed by atoms with Crippen molar-refractivity contribution in [3.05, 3.63) is 99.5 Å². The number of carbonyl (C=O) groups is 2. The molecular weight excluding hydrogens is 418 g/mol. The molecule has 0 aliphatic carbocycles. The first kappa shape index (κ1) is 21.4. The lowest BCUT2D eigenvalue weighted by molar-refractivity contribution is -0.114. The van der Waals surface area contributed by atoms with E-state index in [1.165, 1.54) is 11.8 Å². The summed E-state index contributed by atoms with van der Waals surface area (Å²) in [6, 6.07) is 22.5. The minimum absolute atomic E-state index is 0.0684. The van der Waals surface area contributed by atoms with Gasteiger partial charge in [-0.3, -0.25) is 9.59 Å². The van der Waals surface area contributed by atoms with Gasteiger partial charge in [-0.05, 0) is 54.5 Å². The molecule has 6 heteroatoms. The van der Waals surface area contributed by atoms with Gasteiger partial charge in [-0.25, -0.2) is 0 Å². The van der Waals surface area contributed by atoms with E-state index < -0.39 is 0 Å². The van der Waals surface area contributed by atoms with E-state index in [9.17, 15) is 9.59 Å². The van der Waals surface area contributed by atoms with Gasteiger partial charge in [0.2, 0.25) is 0 Å². The molecule has 1 aliphatic rings. The number of anilines is 1. The normalized spacial score (nSPS) is 14.1. The summed E-state index contributed by atoms with van der Waals surface area (Å²) >= 11 is 1.38. The molecule has 0 saturated carbocycles. The van der Waals surface area contributed by atoms with E-state index in [1.54, 1.807) is 36.2 Å². The van der Waals surface area contributed by atoms with E-state index in [0.29, 0.717) is 22.6 Å². The standard InChI is InChI=1S/C26H21N3O2S/c1-17-3-5-18(6-4-17)13-24-26(31)29(2)22-12-11-21(14-23(22)32-24)25(30)28-16-20-9-7-19(15-27)8-10-20/h3-14H,16H2,1-2H3,(H,28,30)/b24-13-. The van der Waals surface area contributed by atoms with Crippen molar-refractivity contribution >= 4 is 35.3 Å². The Morgan fingerprint density at radius 3 is 2.50 bits per heavy atom. The molecule has 3 aromatic rings. The lowest BCUT2D eigenvalue weighted by Gasteiger charge is -2.27. The van der Waals surface area contributed by atoms with Crippen LogP contribution in [-0.2, 0) is 11.3 Å². The molecule has 3 aromatic carbocycles. The third-order valence-electron chi connectivity index (χ3n) is 5.23. The number of carbonyl (C=O) groups excluding carboxylic acids is 2. The molecule has 2 amide bonds. The van der Waals surface area contributed by atoms with Crippen LogP contribution >= 0.6 is 11.8 Å². The van der Waals surface area contributed by atoms with E-state index >= 15 is 0 Å². The van der Waals surface area contributed by atoms with E-state index in [4.69, 9.17) is 5.26 Å². The van der Waals surface area contributed by atoms with E-state index in [1.807, 2.05) is 55.5 Å². The molecule has 0 aromatic heterocycles. The number of benzene rings is 3. The summed E-state index contributed by atoms with van der Waals surface area (Å²) in [4.78, 5) is 28.6. The Morgan fingerprint density at radius 1 is 1.09 bits per heavy atom. The van der Waals surface area contributed by atoms with Crippen molar-refractivity contribution in [3.63, 3.8) is 0 Å². The molecule has 1 aliphatic heterocycles. The molecule has 1 heterocycles. The fourth-order valence-electron chi connectivity index (χ4n) is 3.34. The van der Waals surface area contributed by atoms with Crippen LogP contribution in [0.25, 0.3) is 6.08 Å². The van der Waals surface area contributed by atoms with E-state index in [0.717, 1.165) is 27.3 Å². The molecular formula is C26H21N3O2S. The van der Waals surface area contributed by atoms with Gasteiger partial charge in [0.15, 0.2) is 0 Å². The van der Waals surface area contributed by atoms with Crippen LogP contribution in [0.2, 0.25) is 0 Å². The number of hydrogen-bond acceptors (Lipinski definition) is 4. The molecule has 0 radical (unpaired) electrons. The summed E-state index contributed by atoms with van der Waals surface area (Å²) < 4.78 is 0. The summed E-state index contributed by atoms with van der Waals surface area (Å²) in [7, 11) is 1.74. The average molecular weight is 440 g/mol. The number of nitriles is 1. The summed E-state index contributed by atoms with van der Waals surface area (Å²) in [5, 5.41) is 11.8. The molecule has 1 N–H and O–H groups in total. The predicted molar refractivity (Wildman–Crippen MR) is 127 cm³/mol. The van der Waals surface area contributed by atoms with Crippen molar-refractivity contribution in [1.29, 1.82) is 5.26 Å². The minimum atomic E-state index is -0.193. The molecule has 4 rings (SSSR count). The van der Waals surface area contributed by atoms with Gasteiger partial charge in [0.1, 0.15) is 0 Å². The highest BCUT2D eigenvalue weighted by molar-refractivity contribution is 8.04. The Morgan fingerprint density at radius 2 is 1.81 bits per heavy atom. The first-order chi connectivity index (χ1) is 15.4. The van der Waals surface area contributed by atoms with Crippen LogP contribution in [-0.4, -0.2) is 18.9 Å². The summed E-state index contributed by atoms with van der Waals surface area (Å²) in [5.41, 5.74) is 4.93. The topological polar surface area (TPSA) is 73.2 Å². The number of nitrogens with one attached hydrogen (secondary N) is 1. The van der Waals surface area contributed by atoms with E-state index in [-0.39, 0.29) is 11.8 Å². The average Bonchev–Trinajstić information content (AvgIpc) is 2.82. The Hall–Kier alpha value is -3.82. The maximum atomic E-state index is 12.8. The molecule has 0 unspecified atom stereocenters. The highest BCUT2D eigenvalue weighted by atomic mass is 32.2. The molecule has 0 spiro atoms. The van der Waals surface area contributed by atoms with Crippen LogP contribution in [0.3, 0.4) is 0 Å². The monoisotopic (exact) mass is 439 g/mol. The Balaban J connectivity index is 1.53. The molecule has 32 heavy (non-hydrogen) atoms. The number of fused-ring (bicyclic) bond motifs is 1. The Kier molecular flexibility index (Phi) is 6.11. The maximum absolute atomic E-state index is 12.8.